The Kier molecular flexibility index (Phi) is 2.20. The quantitative estimate of drug-likeness (QED) is 0.712. The maximum Gasteiger partial charge on any atom is 0.141 e. The van der Waals surface area contributed by atoms with Crippen LogP contribution in [0.4, 0.5) is 0 Å². The summed E-state index contributed by atoms with van der Waals surface area (Å²) >= 11 is 0. The van der Waals surface area contributed by atoms with E-state index in [0.717, 1.165) is 12.2 Å². The molecule has 12 heavy (non-hydrogen) atoms. The Hall–Kier alpha value is -1.27. The van der Waals surface area contributed by atoms with Crippen molar-refractivity contribution in [2.45, 2.75) is 25.9 Å². The summed E-state index contributed by atoms with van der Waals surface area (Å²) < 4.78 is 1.98. The topological polar surface area (TPSA) is 54.7 Å². The van der Waals surface area contributed by atoms with E-state index in [0.29, 0.717) is 0 Å². The van der Waals surface area contributed by atoms with E-state index < -0.39 is 5.54 Å². The fraction of sp³-hybridized carbons (Fsp3) is 0.444. The number of aromatic nitrogens is 1. The molecule has 0 fully saturated rings. The Morgan fingerprint density at radius 1 is 1.75 bits per heavy atom. The van der Waals surface area contributed by atoms with Crippen molar-refractivity contribution in [3.8, 4) is 6.07 Å². The first-order valence-corrected chi connectivity index (χ1v) is 3.97. The van der Waals surface area contributed by atoms with E-state index in [1.165, 1.54) is 0 Å². The number of nitriles is 1. The smallest absolute Gasteiger partial charge is 0.141 e. The molecule has 0 saturated carbocycles. The minimum Gasteiger partial charge on any atom is -0.349 e. The number of aryl methyl sites for hydroxylation is 1. The van der Waals surface area contributed by atoms with Gasteiger partial charge in [0.15, 0.2) is 0 Å². The molecule has 1 aromatic rings. The molecule has 1 atom stereocenters. The molecule has 0 unspecified atom stereocenters. The second-order valence-electron chi connectivity index (χ2n) is 2.99. The Balaban J connectivity index is 3.11. The van der Waals surface area contributed by atoms with E-state index in [2.05, 4.69) is 6.07 Å². The number of hydrogen-bond donors (Lipinski definition) is 1. The Bertz CT molecular complexity index is 304. The van der Waals surface area contributed by atoms with Crippen molar-refractivity contribution < 1.29 is 0 Å². The molecule has 0 saturated heterocycles. The van der Waals surface area contributed by atoms with Gasteiger partial charge in [-0.3, -0.25) is 0 Å². The molecule has 2 N–H and O–H groups in total. The lowest BCUT2D eigenvalue weighted by molar-refractivity contribution is 0.566. The van der Waals surface area contributed by atoms with Crippen molar-refractivity contribution in [2.75, 3.05) is 0 Å². The van der Waals surface area contributed by atoms with Gasteiger partial charge >= 0.3 is 0 Å². The second kappa shape index (κ2) is 3.00. The van der Waals surface area contributed by atoms with Gasteiger partial charge in [-0.25, -0.2) is 0 Å². The molecule has 0 spiro atoms. The van der Waals surface area contributed by atoms with Gasteiger partial charge in [0, 0.05) is 12.7 Å². The molecule has 0 aliphatic carbocycles. The van der Waals surface area contributed by atoms with Crippen LogP contribution < -0.4 is 5.73 Å². The van der Waals surface area contributed by atoms with Crippen molar-refractivity contribution in [3.05, 3.63) is 24.0 Å². The third-order valence-electron chi connectivity index (χ3n) is 1.93. The summed E-state index contributed by atoms with van der Waals surface area (Å²) in [6.07, 6.45) is 1.93. The average Bonchev–Trinajstić information content (AvgIpc) is 2.52. The lowest BCUT2D eigenvalue weighted by atomic mass is 10.0. The summed E-state index contributed by atoms with van der Waals surface area (Å²) in [5.41, 5.74) is 5.77. The summed E-state index contributed by atoms with van der Waals surface area (Å²) in [6, 6.07) is 5.86. The zero-order valence-electron chi connectivity index (χ0n) is 7.41. The monoisotopic (exact) mass is 163 g/mol. The summed E-state index contributed by atoms with van der Waals surface area (Å²) in [4.78, 5) is 0. The highest BCUT2D eigenvalue weighted by Crippen LogP contribution is 2.16. The third-order valence-corrected chi connectivity index (χ3v) is 1.93. The van der Waals surface area contributed by atoms with Crippen molar-refractivity contribution in [2.24, 2.45) is 5.73 Å². The first-order chi connectivity index (χ1) is 5.61. The van der Waals surface area contributed by atoms with Crippen molar-refractivity contribution >= 4 is 0 Å². The van der Waals surface area contributed by atoms with Crippen LogP contribution in [0.5, 0.6) is 0 Å². The highest BCUT2D eigenvalue weighted by atomic mass is 15.0. The van der Waals surface area contributed by atoms with Crippen molar-refractivity contribution in [1.29, 1.82) is 5.26 Å². The van der Waals surface area contributed by atoms with Crippen LogP contribution in [0.2, 0.25) is 0 Å². The minimum atomic E-state index is -0.875. The molecular formula is C9H13N3. The molecular weight excluding hydrogens is 150 g/mol. The molecule has 1 aromatic heterocycles. The van der Waals surface area contributed by atoms with Crippen molar-refractivity contribution in [3.63, 3.8) is 0 Å². The van der Waals surface area contributed by atoms with Crippen LogP contribution in [0.25, 0.3) is 0 Å². The highest BCUT2D eigenvalue weighted by molar-refractivity contribution is 5.24. The zero-order valence-corrected chi connectivity index (χ0v) is 7.41. The van der Waals surface area contributed by atoms with Gasteiger partial charge in [-0.2, -0.15) is 5.26 Å². The van der Waals surface area contributed by atoms with E-state index in [1.54, 1.807) is 6.92 Å². The number of hydrogen-bond acceptors (Lipinski definition) is 2. The number of nitrogens with two attached hydrogens (primary N) is 1. The predicted octanol–water partition coefficient (Wildman–Crippen LogP) is 1.21. The molecule has 0 radical (unpaired) electrons. The summed E-state index contributed by atoms with van der Waals surface area (Å²) in [6.45, 7) is 4.59. The maximum atomic E-state index is 8.80. The third kappa shape index (κ3) is 1.34. The summed E-state index contributed by atoms with van der Waals surface area (Å²) in [5, 5.41) is 8.80. The highest BCUT2D eigenvalue weighted by Gasteiger charge is 2.22. The molecule has 3 nitrogen and oxygen atoms in total. The minimum absolute atomic E-state index is 0.844. The van der Waals surface area contributed by atoms with Crippen LogP contribution in [0, 0.1) is 11.3 Å². The van der Waals surface area contributed by atoms with E-state index in [4.69, 9.17) is 11.0 Å². The molecule has 1 heterocycles. The number of nitrogens with zero attached hydrogens (tertiary/aromatic N) is 2. The SMILES string of the molecule is CCn1cccc1[C@](C)(N)C#N. The summed E-state index contributed by atoms with van der Waals surface area (Å²) in [7, 11) is 0. The van der Waals surface area contributed by atoms with E-state index in [-0.39, 0.29) is 0 Å². The van der Waals surface area contributed by atoms with Crippen LogP contribution in [-0.4, -0.2) is 4.57 Å². The Morgan fingerprint density at radius 2 is 2.42 bits per heavy atom. The Labute approximate surface area is 72.4 Å². The fourth-order valence-electron chi connectivity index (χ4n) is 1.22. The molecule has 1 rings (SSSR count). The average molecular weight is 163 g/mol. The largest absolute Gasteiger partial charge is 0.349 e. The lowest BCUT2D eigenvalue weighted by Crippen LogP contribution is -2.33. The van der Waals surface area contributed by atoms with E-state index >= 15 is 0 Å². The molecule has 0 amide bonds. The van der Waals surface area contributed by atoms with E-state index in [9.17, 15) is 0 Å². The van der Waals surface area contributed by atoms with Gasteiger partial charge < -0.3 is 10.3 Å². The van der Waals surface area contributed by atoms with Gasteiger partial charge in [0.2, 0.25) is 0 Å². The van der Waals surface area contributed by atoms with Crippen LogP contribution in [0.3, 0.4) is 0 Å². The molecule has 64 valence electrons. The van der Waals surface area contributed by atoms with Crippen LogP contribution in [0.15, 0.2) is 18.3 Å². The van der Waals surface area contributed by atoms with Gasteiger partial charge in [0.25, 0.3) is 0 Å². The normalized spacial score (nSPS) is 15.2. The molecule has 0 aromatic carbocycles. The van der Waals surface area contributed by atoms with Gasteiger partial charge in [-0.05, 0) is 26.0 Å². The summed E-state index contributed by atoms with van der Waals surface area (Å²) in [5.74, 6) is 0. The first-order valence-electron chi connectivity index (χ1n) is 3.97. The second-order valence-corrected chi connectivity index (χ2v) is 2.99. The van der Waals surface area contributed by atoms with Gasteiger partial charge in [0.05, 0.1) is 11.8 Å². The van der Waals surface area contributed by atoms with Gasteiger partial charge in [0.1, 0.15) is 5.54 Å². The van der Waals surface area contributed by atoms with E-state index in [1.807, 2.05) is 29.8 Å². The molecule has 3 heteroatoms. The standard InChI is InChI=1S/C9H13N3/c1-3-12-6-4-5-8(12)9(2,11)7-10/h4-6H,3,11H2,1-2H3/t9-/m1/s1. The number of rotatable bonds is 2. The molecule has 0 aliphatic rings. The van der Waals surface area contributed by atoms with Crippen LogP contribution in [-0.2, 0) is 12.1 Å². The first kappa shape index (κ1) is 8.82. The van der Waals surface area contributed by atoms with Crippen molar-refractivity contribution in [1.82, 2.24) is 4.57 Å². The fourth-order valence-corrected chi connectivity index (χ4v) is 1.22. The predicted molar refractivity (Wildman–Crippen MR) is 47.3 cm³/mol. The van der Waals surface area contributed by atoms with Crippen LogP contribution in [0.1, 0.15) is 19.5 Å². The van der Waals surface area contributed by atoms with Crippen LogP contribution >= 0.6 is 0 Å². The maximum absolute atomic E-state index is 8.80. The van der Waals surface area contributed by atoms with Gasteiger partial charge in [-0.1, -0.05) is 0 Å². The lowest BCUT2D eigenvalue weighted by Gasteiger charge is -2.17. The molecule has 0 aliphatic heterocycles. The molecule has 0 bridgehead atoms. The Morgan fingerprint density at radius 3 is 2.92 bits per heavy atom. The zero-order chi connectivity index (χ0) is 9.19. The van der Waals surface area contributed by atoms with Gasteiger partial charge in [-0.15, -0.1) is 0 Å².